The van der Waals surface area contributed by atoms with E-state index in [2.05, 4.69) is 15.2 Å². The molecule has 2 aliphatic heterocycles. The first kappa shape index (κ1) is 4.85. The van der Waals surface area contributed by atoms with Crippen LogP contribution < -0.4 is 0 Å². The van der Waals surface area contributed by atoms with E-state index in [-0.39, 0.29) is 0 Å². The van der Waals surface area contributed by atoms with E-state index in [4.69, 9.17) is 0 Å². The lowest BCUT2D eigenvalue weighted by Gasteiger charge is -2.09. The maximum Gasteiger partial charge on any atom is 0.0946 e. The van der Waals surface area contributed by atoms with Gasteiger partial charge in [0.1, 0.15) is 0 Å². The maximum atomic E-state index is 4.19. The Labute approximate surface area is 53.2 Å². The molecule has 0 saturated carbocycles. The zero-order chi connectivity index (χ0) is 6.10. The van der Waals surface area contributed by atoms with Gasteiger partial charge in [-0.05, 0) is 6.42 Å². The highest BCUT2D eigenvalue weighted by atomic mass is 15.2. The van der Waals surface area contributed by atoms with Crippen molar-refractivity contribution in [2.75, 3.05) is 0 Å². The van der Waals surface area contributed by atoms with Crippen LogP contribution in [0.2, 0.25) is 0 Å². The van der Waals surface area contributed by atoms with Crippen molar-refractivity contribution in [2.24, 2.45) is 21.1 Å². The molecular weight excluding hydrogens is 114 g/mol. The van der Waals surface area contributed by atoms with Crippen LogP contribution in [0.25, 0.3) is 0 Å². The maximum absolute atomic E-state index is 4.19. The first-order chi connectivity index (χ1) is 4.47. The first-order valence-electron chi connectivity index (χ1n) is 3.05. The van der Waals surface area contributed by atoms with Crippen molar-refractivity contribution in [3.63, 3.8) is 0 Å². The average Bonchev–Trinajstić information content (AvgIpc) is 2.33. The quantitative estimate of drug-likeness (QED) is 0.448. The van der Waals surface area contributed by atoms with Gasteiger partial charge in [-0.1, -0.05) is 0 Å². The average molecular weight is 121 g/mol. The molecule has 0 radical (unpaired) electrons. The van der Waals surface area contributed by atoms with Gasteiger partial charge in [-0.25, -0.2) is 0 Å². The molecule has 0 aliphatic carbocycles. The minimum atomic E-state index is 0.294. The van der Waals surface area contributed by atoms with Crippen LogP contribution in [0.4, 0.5) is 0 Å². The van der Waals surface area contributed by atoms with Gasteiger partial charge in [0, 0.05) is 18.3 Å². The van der Waals surface area contributed by atoms with E-state index in [9.17, 15) is 0 Å². The molecule has 2 atom stereocenters. The number of fused-ring (bicyclic) bond motifs is 1. The molecule has 3 heteroatoms. The zero-order valence-electron chi connectivity index (χ0n) is 4.94. The van der Waals surface area contributed by atoms with Crippen LogP contribution in [-0.2, 0) is 0 Å². The predicted octanol–water partition coefficient (Wildman–Crippen LogP) is 0.516. The van der Waals surface area contributed by atoms with Gasteiger partial charge in [0.15, 0.2) is 0 Å². The van der Waals surface area contributed by atoms with Gasteiger partial charge >= 0.3 is 0 Å². The van der Waals surface area contributed by atoms with E-state index in [1.807, 2.05) is 12.4 Å². The molecule has 2 aliphatic rings. The Bertz CT molecular complexity index is 192. The first-order valence-corrected chi connectivity index (χ1v) is 3.05. The van der Waals surface area contributed by atoms with Gasteiger partial charge in [0.05, 0.1) is 12.3 Å². The van der Waals surface area contributed by atoms with Crippen LogP contribution in [0, 0.1) is 5.92 Å². The second-order valence-electron chi connectivity index (χ2n) is 2.25. The minimum absolute atomic E-state index is 0.294. The molecule has 0 aromatic rings. The Balaban J connectivity index is 2.25. The second-order valence-corrected chi connectivity index (χ2v) is 2.25. The topological polar surface area (TPSA) is 37.1 Å². The summed E-state index contributed by atoms with van der Waals surface area (Å²) in [4.78, 5) is 4.19. The van der Waals surface area contributed by atoms with E-state index in [0.29, 0.717) is 12.0 Å². The van der Waals surface area contributed by atoms with E-state index in [1.54, 1.807) is 6.21 Å². The van der Waals surface area contributed by atoms with Gasteiger partial charge in [-0.15, -0.1) is 0 Å². The second kappa shape index (κ2) is 1.76. The van der Waals surface area contributed by atoms with Crippen LogP contribution in [0.15, 0.2) is 15.2 Å². The molecule has 2 heterocycles. The van der Waals surface area contributed by atoms with Gasteiger partial charge in [-0.3, -0.25) is 4.99 Å². The molecule has 9 heavy (non-hydrogen) atoms. The minimum Gasteiger partial charge on any atom is -0.288 e. The lowest BCUT2D eigenvalue weighted by molar-refractivity contribution is 0.717. The predicted molar refractivity (Wildman–Crippen MR) is 37.4 cm³/mol. The van der Waals surface area contributed by atoms with Crippen molar-refractivity contribution >= 4 is 18.6 Å². The summed E-state index contributed by atoms with van der Waals surface area (Å²) in [7, 11) is 0. The number of nitrogens with zero attached hydrogens (tertiary/aromatic N) is 3. The van der Waals surface area contributed by atoms with Crippen molar-refractivity contribution < 1.29 is 0 Å². The van der Waals surface area contributed by atoms with E-state index < -0.39 is 0 Å². The number of hydrogen-bond donors (Lipinski definition) is 0. The number of rotatable bonds is 0. The van der Waals surface area contributed by atoms with Crippen molar-refractivity contribution in [1.82, 2.24) is 0 Å². The summed E-state index contributed by atoms with van der Waals surface area (Å²) in [5.74, 6) is 0.502. The van der Waals surface area contributed by atoms with E-state index >= 15 is 0 Å². The van der Waals surface area contributed by atoms with Crippen molar-refractivity contribution in [3.05, 3.63) is 0 Å². The molecule has 0 fully saturated rings. The fourth-order valence-corrected chi connectivity index (χ4v) is 1.08. The molecular formula is C6H7N3. The Kier molecular flexibility index (Phi) is 0.946. The van der Waals surface area contributed by atoms with Crippen LogP contribution >= 0.6 is 0 Å². The van der Waals surface area contributed by atoms with Gasteiger partial charge < -0.3 is 0 Å². The highest BCUT2D eigenvalue weighted by molar-refractivity contribution is 5.84. The molecule has 0 aromatic heterocycles. The molecule has 3 nitrogen and oxygen atoms in total. The van der Waals surface area contributed by atoms with Gasteiger partial charge in [0.25, 0.3) is 0 Å². The summed E-state index contributed by atoms with van der Waals surface area (Å²) in [5, 5.41) is 7.53. The van der Waals surface area contributed by atoms with Crippen molar-refractivity contribution in [3.8, 4) is 0 Å². The van der Waals surface area contributed by atoms with Gasteiger partial charge in [-0.2, -0.15) is 10.2 Å². The molecule has 2 unspecified atom stereocenters. The molecule has 0 bridgehead atoms. The SMILES string of the molecule is C1=NN=CC2N=CCC12. The highest BCUT2D eigenvalue weighted by Gasteiger charge is 2.22. The Hall–Kier alpha value is -0.990. The molecule has 0 saturated heterocycles. The summed E-state index contributed by atoms with van der Waals surface area (Å²) in [6.07, 6.45) is 6.64. The molecule has 0 N–H and O–H groups in total. The third-order valence-electron chi connectivity index (χ3n) is 1.64. The standard InChI is InChI=1S/C6H7N3/c1-2-7-6-4-9-8-3-5(1)6/h2-6H,1H2. The molecule has 2 rings (SSSR count). The third kappa shape index (κ3) is 0.686. The normalized spacial score (nSPS) is 37.3. The van der Waals surface area contributed by atoms with Crippen LogP contribution in [0.5, 0.6) is 0 Å². The Morgan fingerprint density at radius 1 is 1.22 bits per heavy atom. The summed E-state index contributed by atoms with van der Waals surface area (Å²) >= 11 is 0. The highest BCUT2D eigenvalue weighted by Crippen LogP contribution is 2.16. The molecule has 0 aromatic carbocycles. The van der Waals surface area contributed by atoms with Crippen molar-refractivity contribution in [1.29, 1.82) is 0 Å². The Morgan fingerprint density at radius 3 is 3.00 bits per heavy atom. The molecule has 46 valence electrons. The number of hydrogen-bond acceptors (Lipinski definition) is 3. The van der Waals surface area contributed by atoms with E-state index in [0.717, 1.165) is 6.42 Å². The zero-order valence-corrected chi connectivity index (χ0v) is 4.94. The largest absolute Gasteiger partial charge is 0.288 e. The lowest BCUT2D eigenvalue weighted by Crippen LogP contribution is -2.18. The summed E-state index contributed by atoms with van der Waals surface area (Å²) in [5.41, 5.74) is 0. The molecule has 0 amide bonds. The van der Waals surface area contributed by atoms with E-state index in [1.165, 1.54) is 0 Å². The van der Waals surface area contributed by atoms with Crippen LogP contribution in [0.3, 0.4) is 0 Å². The number of aliphatic imine (C=N–C) groups is 1. The summed E-state index contributed by atoms with van der Waals surface area (Å²) < 4.78 is 0. The van der Waals surface area contributed by atoms with Gasteiger partial charge in [0.2, 0.25) is 0 Å². The molecule has 0 spiro atoms. The summed E-state index contributed by atoms with van der Waals surface area (Å²) in [6.45, 7) is 0. The van der Waals surface area contributed by atoms with Crippen LogP contribution in [0.1, 0.15) is 6.42 Å². The van der Waals surface area contributed by atoms with Crippen LogP contribution in [-0.4, -0.2) is 24.7 Å². The fourth-order valence-electron chi connectivity index (χ4n) is 1.08. The third-order valence-corrected chi connectivity index (χ3v) is 1.64. The van der Waals surface area contributed by atoms with Crippen molar-refractivity contribution in [2.45, 2.75) is 12.5 Å². The fraction of sp³-hybridized carbons (Fsp3) is 0.500. The summed E-state index contributed by atoms with van der Waals surface area (Å²) in [6, 6.07) is 0.294. The Morgan fingerprint density at radius 2 is 2.11 bits per heavy atom. The smallest absolute Gasteiger partial charge is 0.0946 e. The lowest BCUT2D eigenvalue weighted by atomic mass is 10.0. The monoisotopic (exact) mass is 121 g/mol.